The van der Waals surface area contributed by atoms with Crippen molar-refractivity contribution in [3.8, 4) is 22.8 Å². The Morgan fingerprint density at radius 3 is 2.36 bits per heavy atom. The number of benzene rings is 1. The van der Waals surface area contributed by atoms with Gasteiger partial charge in [-0.2, -0.15) is 0 Å². The molecule has 6 nitrogen and oxygen atoms in total. The van der Waals surface area contributed by atoms with Crippen molar-refractivity contribution in [2.24, 2.45) is 0 Å². The zero-order valence-electron chi connectivity index (χ0n) is 13.9. The highest BCUT2D eigenvalue weighted by Gasteiger charge is 2.11. The van der Waals surface area contributed by atoms with Crippen molar-refractivity contribution < 1.29 is 18.9 Å². The van der Waals surface area contributed by atoms with E-state index < -0.39 is 0 Å². The van der Waals surface area contributed by atoms with Gasteiger partial charge in [-0.3, -0.25) is 0 Å². The molecule has 25 heavy (non-hydrogen) atoms. The molecule has 130 valence electrons. The topological polar surface area (TPSA) is 54.2 Å². The standard InChI is InChI=1S/C19H20N2O4/c1-2-6-21-14-16(20-19(21)3-1)15-4-5-17-18(13-15)25-12-10-23-8-7-22-9-11-24-17/h1-6,13-14H,7-12H2. The van der Waals surface area contributed by atoms with Crippen molar-refractivity contribution in [1.29, 1.82) is 0 Å². The Labute approximate surface area is 145 Å². The summed E-state index contributed by atoms with van der Waals surface area (Å²) in [6, 6.07) is 11.8. The molecular formula is C19H20N2O4. The number of hydrogen-bond donors (Lipinski definition) is 0. The van der Waals surface area contributed by atoms with E-state index in [0.717, 1.165) is 16.9 Å². The van der Waals surface area contributed by atoms with Crippen LogP contribution in [0.15, 0.2) is 48.8 Å². The van der Waals surface area contributed by atoms with Gasteiger partial charge in [-0.25, -0.2) is 4.98 Å². The van der Waals surface area contributed by atoms with E-state index in [4.69, 9.17) is 18.9 Å². The summed E-state index contributed by atoms with van der Waals surface area (Å²) in [5.74, 6) is 1.40. The highest BCUT2D eigenvalue weighted by atomic mass is 16.6. The van der Waals surface area contributed by atoms with Crippen molar-refractivity contribution in [1.82, 2.24) is 9.38 Å². The zero-order valence-corrected chi connectivity index (χ0v) is 13.9. The molecule has 1 aromatic carbocycles. The van der Waals surface area contributed by atoms with Gasteiger partial charge in [-0.15, -0.1) is 0 Å². The number of ether oxygens (including phenoxy) is 4. The number of fused-ring (bicyclic) bond motifs is 2. The largest absolute Gasteiger partial charge is 0.487 e. The Hall–Kier alpha value is -2.57. The molecule has 0 unspecified atom stereocenters. The lowest BCUT2D eigenvalue weighted by Gasteiger charge is -2.15. The summed E-state index contributed by atoms with van der Waals surface area (Å²) in [4.78, 5) is 4.66. The van der Waals surface area contributed by atoms with Gasteiger partial charge in [-0.05, 0) is 30.3 Å². The SMILES string of the molecule is c1ccn2cc(-c3ccc4c(c3)OCCOCCOCCO4)nc2c1. The van der Waals surface area contributed by atoms with Crippen LogP contribution in [-0.2, 0) is 9.47 Å². The minimum absolute atomic E-state index is 0.463. The quantitative estimate of drug-likeness (QED) is 0.682. The van der Waals surface area contributed by atoms with E-state index in [2.05, 4.69) is 4.98 Å². The molecule has 0 saturated heterocycles. The number of rotatable bonds is 1. The molecule has 0 radical (unpaired) electrons. The van der Waals surface area contributed by atoms with Gasteiger partial charge in [0.05, 0.1) is 32.1 Å². The summed E-state index contributed by atoms with van der Waals surface area (Å²) in [6.45, 7) is 3.12. The van der Waals surface area contributed by atoms with Gasteiger partial charge < -0.3 is 23.3 Å². The third kappa shape index (κ3) is 3.75. The third-order valence-corrected chi connectivity index (χ3v) is 3.95. The van der Waals surface area contributed by atoms with Gasteiger partial charge >= 0.3 is 0 Å². The van der Waals surface area contributed by atoms with Crippen molar-refractivity contribution in [2.75, 3.05) is 39.6 Å². The molecule has 0 aliphatic carbocycles. The molecule has 4 rings (SSSR count). The van der Waals surface area contributed by atoms with Crippen molar-refractivity contribution >= 4 is 5.65 Å². The van der Waals surface area contributed by atoms with Gasteiger partial charge in [-0.1, -0.05) is 6.07 Å². The van der Waals surface area contributed by atoms with Crippen LogP contribution in [0, 0.1) is 0 Å². The lowest BCUT2D eigenvalue weighted by Crippen LogP contribution is -2.15. The van der Waals surface area contributed by atoms with Gasteiger partial charge in [0.2, 0.25) is 0 Å². The Kier molecular flexibility index (Phi) is 4.81. The number of aromatic nitrogens is 2. The highest BCUT2D eigenvalue weighted by molar-refractivity contribution is 5.66. The van der Waals surface area contributed by atoms with Gasteiger partial charge in [0.25, 0.3) is 0 Å². The summed E-state index contributed by atoms with van der Waals surface area (Å²) in [5, 5.41) is 0. The Morgan fingerprint density at radius 1 is 0.800 bits per heavy atom. The molecule has 0 saturated carbocycles. The van der Waals surface area contributed by atoms with Crippen LogP contribution >= 0.6 is 0 Å². The Balaban J connectivity index is 1.62. The van der Waals surface area contributed by atoms with E-state index >= 15 is 0 Å². The molecule has 2 aromatic heterocycles. The van der Waals surface area contributed by atoms with Gasteiger partial charge in [0.1, 0.15) is 18.9 Å². The second-order valence-electron chi connectivity index (χ2n) is 5.68. The van der Waals surface area contributed by atoms with Crippen LogP contribution in [-0.4, -0.2) is 49.0 Å². The van der Waals surface area contributed by atoms with Crippen LogP contribution in [0.25, 0.3) is 16.9 Å². The van der Waals surface area contributed by atoms with Crippen molar-refractivity contribution in [2.45, 2.75) is 0 Å². The van der Waals surface area contributed by atoms with E-state index in [0.29, 0.717) is 51.1 Å². The summed E-state index contributed by atoms with van der Waals surface area (Å²) < 4.78 is 24.6. The molecule has 0 fully saturated rings. The van der Waals surface area contributed by atoms with Gasteiger partial charge in [0, 0.05) is 18.0 Å². The third-order valence-electron chi connectivity index (χ3n) is 3.95. The van der Waals surface area contributed by atoms with Crippen LogP contribution < -0.4 is 9.47 Å². The fraction of sp³-hybridized carbons (Fsp3) is 0.316. The maximum atomic E-state index is 5.87. The molecule has 0 spiro atoms. The summed E-state index contributed by atoms with van der Waals surface area (Å²) in [6.07, 6.45) is 3.99. The second kappa shape index (κ2) is 7.55. The van der Waals surface area contributed by atoms with Crippen LogP contribution in [0.4, 0.5) is 0 Å². The normalized spacial score (nSPS) is 16.2. The number of hydrogen-bond acceptors (Lipinski definition) is 5. The first-order valence-electron chi connectivity index (χ1n) is 8.39. The van der Waals surface area contributed by atoms with Gasteiger partial charge in [0.15, 0.2) is 11.5 Å². The maximum absolute atomic E-state index is 5.87. The van der Waals surface area contributed by atoms with Crippen molar-refractivity contribution in [3.05, 3.63) is 48.8 Å². The predicted octanol–water partition coefficient (Wildman–Crippen LogP) is 2.81. The molecule has 0 amide bonds. The summed E-state index contributed by atoms with van der Waals surface area (Å²) in [7, 11) is 0. The maximum Gasteiger partial charge on any atom is 0.161 e. The molecular weight excluding hydrogens is 320 g/mol. The van der Waals surface area contributed by atoms with Crippen molar-refractivity contribution in [3.63, 3.8) is 0 Å². The summed E-state index contributed by atoms with van der Waals surface area (Å²) in [5.41, 5.74) is 2.78. The van der Waals surface area contributed by atoms with E-state index in [1.807, 2.05) is 53.2 Å². The Morgan fingerprint density at radius 2 is 1.56 bits per heavy atom. The first kappa shape index (κ1) is 15.9. The predicted molar refractivity (Wildman–Crippen MR) is 93.3 cm³/mol. The molecule has 3 aromatic rings. The number of imidazole rings is 1. The van der Waals surface area contributed by atoms with Crippen LogP contribution in [0.1, 0.15) is 0 Å². The lowest BCUT2D eigenvalue weighted by molar-refractivity contribution is 0.0223. The monoisotopic (exact) mass is 340 g/mol. The molecule has 1 aliphatic heterocycles. The van der Waals surface area contributed by atoms with E-state index in [1.54, 1.807) is 0 Å². The molecule has 1 aliphatic rings. The first-order valence-corrected chi connectivity index (χ1v) is 8.39. The highest BCUT2D eigenvalue weighted by Crippen LogP contribution is 2.32. The number of nitrogens with zero attached hydrogens (tertiary/aromatic N) is 2. The smallest absolute Gasteiger partial charge is 0.161 e. The fourth-order valence-corrected chi connectivity index (χ4v) is 2.72. The molecule has 0 N–H and O–H groups in total. The number of pyridine rings is 1. The lowest BCUT2D eigenvalue weighted by atomic mass is 10.1. The molecule has 0 bridgehead atoms. The first-order chi connectivity index (χ1) is 12.4. The molecule has 0 atom stereocenters. The summed E-state index contributed by atoms with van der Waals surface area (Å²) >= 11 is 0. The van der Waals surface area contributed by atoms with E-state index in [9.17, 15) is 0 Å². The van der Waals surface area contributed by atoms with E-state index in [1.165, 1.54) is 0 Å². The Bertz CT molecular complexity index is 813. The van der Waals surface area contributed by atoms with E-state index in [-0.39, 0.29) is 0 Å². The molecule has 6 heteroatoms. The van der Waals surface area contributed by atoms with Crippen LogP contribution in [0.3, 0.4) is 0 Å². The minimum atomic E-state index is 0.463. The minimum Gasteiger partial charge on any atom is -0.487 e. The molecule has 3 heterocycles. The average Bonchev–Trinajstić information content (AvgIpc) is 3.06. The van der Waals surface area contributed by atoms with Crippen LogP contribution in [0.5, 0.6) is 11.5 Å². The van der Waals surface area contributed by atoms with Crippen LogP contribution in [0.2, 0.25) is 0 Å². The second-order valence-corrected chi connectivity index (χ2v) is 5.68. The zero-order chi connectivity index (χ0) is 16.9. The fourth-order valence-electron chi connectivity index (χ4n) is 2.72. The average molecular weight is 340 g/mol.